The molecule has 0 heterocycles. The number of benzene rings is 1. The molecule has 0 aromatic heterocycles. The van der Waals surface area contributed by atoms with E-state index in [1.807, 2.05) is 19.1 Å². The molecule has 0 amide bonds. The fraction of sp³-hybridized carbons (Fsp3) is 0.538. The Morgan fingerprint density at radius 2 is 1.82 bits per heavy atom. The lowest BCUT2D eigenvalue weighted by Gasteiger charge is -2.09. The molecule has 0 unspecified atom stereocenters. The van der Waals surface area contributed by atoms with Crippen molar-refractivity contribution in [2.45, 2.75) is 44.4 Å². The van der Waals surface area contributed by atoms with Crippen molar-refractivity contribution in [1.29, 1.82) is 0 Å². The molecule has 0 saturated carbocycles. The summed E-state index contributed by atoms with van der Waals surface area (Å²) in [6.07, 6.45) is 3.51. The first-order chi connectivity index (χ1) is 8.11. The molecule has 0 spiro atoms. The van der Waals surface area contributed by atoms with Gasteiger partial charge in [-0.2, -0.15) is 8.42 Å². The Hall–Kier alpha value is -0.870. The third-order valence-corrected chi connectivity index (χ3v) is 4.02. The molecule has 0 aliphatic heterocycles. The first kappa shape index (κ1) is 14.2. The molecule has 4 heteroatoms. The SMILES string of the molecule is CCCCCOS(=O)(=O)c1ccccc1CC. The van der Waals surface area contributed by atoms with Crippen LogP contribution in [0.15, 0.2) is 29.2 Å². The molecule has 0 radical (unpaired) electrons. The van der Waals surface area contributed by atoms with Gasteiger partial charge in [0.15, 0.2) is 0 Å². The van der Waals surface area contributed by atoms with Gasteiger partial charge in [-0.3, -0.25) is 4.18 Å². The summed E-state index contributed by atoms with van der Waals surface area (Å²) >= 11 is 0. The van der Waals surface area contributed by atoms with E-state index in [0.717, 1.165) is 24.8 Å². The average molecular weight is 256 g/mol. The Bertz CT molecular complexity index is 438. The summed E-state index contributed by atoms with van der Waals surface area (Å²) in [7, 11) is -3.58. The summed E-state index contributed by atoms with van der Waals surface area (Å²) in [4.78, 5) is 0.305. The van der Waals surface area contributed by atoms with Gasteiger partial charge in [0.1, 0.15) is 0 Å². The number of hydrogen-bond donors (Lipinski definition) is 0. The van der Waals surface area contributed by atoms with Crippen LogP contribution in [0.3, 0.4) is 0 Å². The summed E-state index contributed by atoms with van der Waals surface area (Å²) in [5, 5.41) is 0. The summed E-state index contributed by atoms with van der Waals surface area (Å²) in [5.41, 5.74) is 0.808. The minimum absolute atomic E-state index is 0.272. The molecule has 0 N–H and O–H groups in total. The van der Waals surface area contributed by atoms with Gasteiger partial charge in [0.05, 0.1) is 11.5 Å². The lowest BCUT2D eigenvalue weighted by atomic mass is 10.2. The predicted octanol–water partition coefficient (Wildman–Crippen LogP) is 3.14. The molecule has 0 bridgehead atoms. The highest BCUT2D eigenvalue weighted by Crippen LogP contribution is 2.18. The molecule has 3 nitrogen and oxygen atoms in total. The van der Waals surface area contributed by atoms with Crippen LogP contribution in [-0.4, -0.2) is 15.0 Å². The number of unbranched alkanes of at least 4 members (excludes halogenated alkanes) is 2. The molecular formula is C13H20O3S. The maximum Gasteiger partial charge on any atom is 0.297 e. The largest absolute Gasteiger partial charge is 0.297 e. The van der Waals surface area contributed by atoms with Gasteiger partial charge >= 0.3 is 0 Å². The van der Waals surface area contributed by atoms with Crippen molar-refractivity contribution in [2.24, 2.45) is 0 Å². The van der Waals surface area contributed by atoms with Gasteiger partial charge in [0.25, 0.3) is 10.1 Å². The quantitative estimate of drug-likeness (QED) is 0.556. The first-order valence-corrected chi connectivity index (χ1v) is 7.50. The molecule has 1 aromatic carbocycles. The fourth-order valence-corrected chi connectivity index (χ4v) is 2.87. The monoisotopic (exact) mass is 256 g/mol. The van der Waals surface area contributed by atoms with Crippen molar-refractivity contribution in [3.8, 4) is 0 Å². The van der Waals surface area contributed by atoms with E-state index in [0.29, 0.717) is 11.3 Å². The van der Waals surface area contributed by atoms with Crippen molar-refractivity contribution in [2.75, 3.05) is 6.61 Å². The second-order valence-electron chi connectivity index (χ2n) is 3.94. The van der Waals surface area contributed by atoms with Gasteiger partial charge in [-0.15, -0.1) is 0 Å². The summed E-state index contributed by atoms with van der Waals surface area (Å²) in [5.74, 6) is 0. The van der Waals surface area contributed by atoms with E-state index < -0.39 is 10.1 Å². The van der Waals surface area contributed by atoms with Crippen LogP contribution in [0, 0.1) is 0 Å². The van der Waals surface area contributed by atoms with E-state index in [9.17, 15) is 8.42 Å². The minimum Gasteiger partial charge on any atom is -0.266 e. The third-order valence-electron chi connectivity index (χ3n) is 2.61. The Labute approximate surface area is 104 Å². The highest BCUT2D eigenvalue weighted by atomic mass is 32.2. The topological polar surface area (TPSA) is 43.4 Å². The number of rotatable bonds is 7. The number of aryl methyl sites for hydroxylation is 1. The van der Waals surface area contributed by atoms with Crippen molar-refractivity contribution < 1.29 is 12.6 Å². The highest BCUT2D eigenvalue weighted by Gasteiger charge is 2.17. The molecule has 96 valence electrons. The van der Waals surface area contributed by atoms with E-state index in [1.54, 1.807) is 12.1 Å². The Morgan fingerprint density at radius 3 is 2.47 bits per heavy atom. The van der Waals surface area contributed by atoms with Crippen molar-refractivity contribution >= 4 is 10.1 Å². The zero-order chi connectivity index (χ0) is 12.7. The summed E-state index contributed by atoms with van der Waals surface area (Å²) in [6, 6.07) is 6.99. The van der Waals surface area contributed by atoms with E-state index in [1.165, 1.54) is 0 Å². The van der Waals surface area contributed by atoms with Crippen LogP contribution in [0.5, 0.6) is 0 Å². The highest BCUT2D eigenvalue weighted by molar-refractivity contribution is 7.86. The average Bonchev–Trinajstić information content (AvgIpc) is 2.34. The first-order valence-electron chi connectivity index (χ1n) is 6.09. The van der Waals surface area contributed by atoms with Crippen LogP contribution in [0.1, 0.15) is 38.7 Å². The van der Waals surface area contributed by atoms with Crippen molar-refractivity contribution in [3.63, 3.8) is 0 Å². The van der Waals surface area contributed by atoms with Crippen LogP contribution in [0.4, 0.5) is 0 Å². The van der Waals surface area contributed by atoms with Crippen molar-refractivity contribution in [1.82, 2.24) is 0 Å². The van der Waals surface area contributed by atoms with Gasteiger partial charge in [-0.05, 0) is 24.5 Å². The zero-order valence-corrected chi connectivity index (χ0v) is 11.3. The van der Waals surface area contributed by atoms with Gasteiger partial charge in [-0.1, -0.05) is 44.9 Å². The molecule has 1 aromatic rings. The van der Waals surface area contributed by atoms with E-state index in [4.69, 9.17) is 4.18 Å². The maximum atomic E-state index is 12.0. The summed E-state index contributed by atoms with van der Waals surface area (Å²) < 4.78 is 28.9. The van der Waals surface area contributed by atoms with Gasteiger partial charge in [0.2, 0.25) is 0 Å². The van der Waals surface area contributed by atoms with Crippen LogP contribution in [0.2, 0.25) is 0 Å². The van der Waals surface area contributed by atoms with Gasteiger partial charge < -0.3 is 0 Å². The molecule has 0 aliphatic carbocycles. The van der Waals surface area contributed by atoms with Crippen molar-refractivity contribution in [3.05, 3.63) is 29.8 Å². The van der Waals surface area contributed by atoms with Crippen LogP contribution in [0.25, 0.3) is 0 Å². The smallest absolute Gasteiger partial charge is 0.266 e. The molecule has 17 heavy (non-hydrogen) atoms. The normalized spacial score (nSPS) is 11.6. The second kappa shape index (κ2) is 6.77. The second-order valence-corrected chi connectivity index (χ2v) is 5.53. The van der Waals surface area contributed by atoms with E-state index in [-0.39, 0.29) is 6.61 Å². The summed E-state index contributed by atoms with van der Waals surface area (Å²) in [6.45, 7) is 4.28. The standard InChI is InChI=1S/C13H20O3S/c1-3-5-8-11-16-17(14,15)13-10-7-6-9-12(13)4-2/h6-7,9-10H,3-5,8,11H2,1-2H3. The van der Waals surface area contributed by atoms with Crippen LogP contribution < -0.4 is 0 Å². The lowest BCUT2D eigenvalue weighted by Crippen LogP contribution is -2.10. The molecule has 0 atom stereocenters. The molecule has 0 fully saturated rings. The fourth-order valence-electron chi connectivity index (χ4n) is 1.62. The molecule has 0 saturated heterocycles. The Kier molecular flexibility index (Phi) is 5.65. The van der Waals surface area contributed by atoms with Crippen LogP contribution in [-0.2, 0) is 20.7 Å². The molecule has 1 rings (SSSR count). The minimum atomic E-state index is -3.58. The van der Waals surface area contributed by atoms with Gasteiger partial charge in [0, 0.05) is 0 Å². The predicted molar refractivity (Wildman–Crippen MR) is 68.5 cm³/mol. The third kappa shape index (κ3) is 4.13. The van der Waals surface area contributed by atoms with Crippen LogP contribution >= 0.6 is 0 Å². The Balaban J connectivity index is 2.75. The maximum absolute atomic E-state index is 12.0. The van der Waals surface area contributed by atoms with E-state index >= 15 is 0 Å². The zero-order valence-electron chi connectivity index (χ0n) is 10.5. The number of hydrogen-bond acceptors (Lipinski definition) is 3. The lowest BCUT2D eigenvalue weighted by molar-refractivity contribution is 0.307. The van der Waals surface area contributed by atoms with Gasteiger partial charge in [-0.25, -0.2) is 0 Å². The van der Waals surface area contributed by atoms with E-state index in [2.05, 4.69) is 6.92 Å². The molecular weight excluding hydrogens is 236 g/mol. The Morgan fingerprint density at radius 1 is 1.12 bits per heavy atom. The molecule has 0 aliphatic rings.